The predicted octanol–water partition coefficient (Wildman–Crippen LogP) is 8.71. The molecule has 1 atom stereocenters. The van der Waals surface area contributed by atoms with Crippen LogP contribution in [-0.2, 0) is 0 Å². The van der Waals surface area contributed by atoms with Crippen LogP contribution in [0.4, 0.5) is 0 Å². The molecule has 0 saturated heterocycles. The summed E-state index contributed by atoms with van der Waals surface area (Å²) in [5.41, 5.74) is 9.33. The minimum Gasteiger partial charge on any atom is -0.455 e. The van der Waals surface area contributed by atoms with Crippen LogP contribution >= 0.6 is 0 Å². The molecule has 1 saturated carbocycles. The van der Waals surface area contributed by atoms with Crippen molar-refractivity contribution in [3.05, 3.63) is 77.5 Å². The van der Waals surface area contributed by atoms with Crippen LogP contribution in [0.15, 0.2) is 59.1 Å². The third-order valence-electron chi connectivity index (χ3n) is 8.11. The standard InChI is InChI=1S/C32H33N3O/c1-19(23-9-6-5-7-10-23)24-15-16-33-29(17-24)28-12-8-11-27-26-14-13-25(18-30(26)36-32(27)28)31-20(2)34-22(4)35-21(31)3/h8,11-19,23H,5-7,9-10H2,1-4H3. The van der Waals surface area contributed by atoms with Crippen LogP contribution in [0.5, 0.6) is 0 Å². The number of furan rings is 1. The molecule has 4 heteroatoms. The molecule has 0 amide bonds. The van der Waals surface area contributed by atoms with Crippen LogP contribution in [0.2, 0.25) is 0 Å². The number of hydrogen-bond donors (Lipinski definition) is 0. The van der Waals surface area contributed by atoms with E-state index in [0.717, 1.165) is 67.5 Å². The van der Waals surface area contributed by atoms with Crippen molar-refractivity contribution in [2.45, 2.75) is 65.7 Å². The molecule has 1 aliphatic rings. The lowest BCUT2D eigenvalue weighted by Crippen LogP contribution is -2.14. The summed E-state index contributed by atoms with van der Waals surface area (Å²) in [5, 5.41) is 2.24. The molecule has 2 aromatic carbocycles. The fourth-order valence-corrected chi connectivity index (χ4v) is 6.24. The summed E-state index contributed by atoms with van der Waals surface area (Å²) in [6, 6.07) is 17.3. The van der Waals surface area contributed by atoms with Gasteiger partial charge < -0.3 is 4.42 Å². The van der Waals surface area contributed by atoms with Crippen LogP contribution in [-0.4, -0.2) is 15.0 Å². The van der Waals surface area contributed by atoms with Gasteiger partial charge in [-0.1, -0.05) is 44.4 Å². The Kier molecular flexibility index (Phi) is 5.83. The summed E-state index contributed by atoms with van der Waals surface area (Å²) >= 11 is 0. The molecule has 0 N–H and O–H groups in total. The molecular weight excluding hydrogens is 442 g/mol. The van der Waals surface area contributed by atoms with Crippen molar-refractivity contribution in [3.63, 3.8) is 0 Å². The summed E-state index contributed by atoms with van der Waals surface area (Å²) in [6.45, 7) is 8.42. The van der Waals surface area contributed by atoms with Crippen molar-refractivity contribution in [1.82, 2.24) is 15.0 Å². The van der Waals surface area contributed by atoms with E-state index in [2.05, 4.69) is 65.4 Å². The second-order valence-corrected chi connectivity index (χ2v) is 10.5. The fraction of sp³-hybridized carbons (Fsp3) is 0.344. The maximum atomic E-state index is 6.54. The first-order valence-electron chi connectivity index (χ1n) is 13.2. The zero-order valence-electron chi connectivity index (χ0n) is 21.6. The molecule has 0 radical (unpaired) electrons. The van der Waals surface area contributed by atoms with Gasteiger partial charge in [0, 0.05) is 39.5 Å². The lowest BCUT2D eigenvalue weighted by atomic mass is 9.78. The van der Waals surface area contributed by atoms with Crippen LogP contribution in [0.25, 0.3) is 44.3 Å². The number of hydrogen-bond acceptors (Lipinski definition) is 4. The number of rotatable bonds is 4. The van der Waals surface area contributed by atoms with Crippen LogP contribution in [0, 0.1) is 26.7 Å². The molecule has 182 valence electrons. The Morgan fingerprint density at radius 2 is 1.64 bits per heavy atom. The first-order valence-corrected chi connectivity index (χ1v) is 13.2. The number of para-hydroxylation sites is 1. The highest BCUT2D eigenvalue weighted by Gasteiger charge is 2.22. The number of benzene rings is 2. The van der Waals surface area contributed by atoms with Gasteiger partial charge in [-0.3, -0.25) is 4.98 Å². The van der Waals surface area contributed by atoms with Crippen LogP contribution < -0.4 is 0 Å². The van der Waals surface area contributed by atoms with E-state index < -0.39 is 0 Å². The smallest absolute Gasteiger partial charge is 0.144 e. The molecule has 4 nitrogen and oxygen atoms in total. The van der Waals surface area contributed by atoms with Gasteiger partial charge in [0.2, 0.25) is 0 Å². The van der Waals surface area contributed by atoms with E-state index in [-0.39, 0.29) is 0 Å². The second kappa shape index (κ2) is 9.16. The first kappa shape index (κ1) is 22.9. The minimum atomic E-state index is 0.549. The molecule has 0 spiro atoms. The highest BCUT2D eigenvalue weighted by Crippen LogP contribution is 2.40. The maximum Gasteiger partial charge on any atom is 0.144 e. The van der Waals surface area contributed by atoms with Gasteiger partial charge in [0.05, 0.1) is 5.69 Å². The summed E-state index contributed by atoms with van der Waals surface area (Å²) in [4.78, 5) is 14.0. The molecule has 0 bridgehead atoms. The van der Waals surface area contributed by atoms with Crippen molar-refractivity contribution < 1.29 is 4.42 Å². The number of aryl methyl sites for hydroxylation is 3. The van der Waals surface area contributed by atoms with Crippen molar-refractivity contribution in [3.8, 4) is 22.4 Å². The summed E-state index contributed by atoms with van der Waals surface area (Å²) in [5.74, 6) is 2.12. The average molecular weight is 476 g/mol. The zero-order chi connectivity index (χ0) is 24.8. The highest BCUT2D eigenvalue weighted by molar-refractivity contribution is 6.10. The Morgan fingerprint density at radius 3 is 2.42 bits per heavy atom. The van der Waals surface area contributed by atoms with Gasteiger partial charge >= 0.3 is 0 Å². The molecule has 5 aromatic rings. The summed E-state index contributed by atoms with van der Waals surface area (Å²) in [7, 11) is 0. The predicted molar refractivity (Wildman–Crippen MR) is 147 cm³/mol. The lowest BCUT2D eigenvalue weighted by molar-refractivity contribution is 0.316. The van der Waals surface area contributed by atoms with Gasteiger partial charge in [0.1, 0.15) is 17.0 Å². The topological polar surface area (TPSA) is 51.8 Å². The Bertz CT molecular complexity index is 1550. The van der Waals surface area contributed by atoms with E-state index in [1.807, 2.05) is 27.0 Å². The van der Waals surface area contributed by atoms with Crippen molar-refractivity contribution in [2.24, 2.45) is 5.92 Å². The quantitative estimate of drug-likeness (QED) is 0.261. The molecule has 1 fully saturated rings. The van der Waals surface area contributed by atoms with E-state index >= 15 is 0 Å². The largest absolute Gasteiger partial charge is 0.455 e. The summed E-state index contributed by atoms with van der Waals surface area (Å²) in [6.07, 6.45) is 8.75. The highest BCUT2D eigenvalue weighted by atomic mass is 16.3. The maximum absolute atomic E-state index is 6.54. The Hall–Kier alpha value is -3.53. The van der Waals surface area contributed by atoms with Crippen molar-refractivity contribution in [1.29, 1.82) is 0 Å². The van der Waals surface area contributed by atoms with E-state index in [0.29, 0.717) is 5.92 Å². The molecule has 0 aliphatic heterocycles. The SMILES string of the molecule is Cc1nc(C)c(-c2ccc3c(c2)oc2c(-c4cc(C(C)C5CCCCC5)ccn4)cccc23)c(C)n1. The Balaban J connectivity index is 1.43. The molecule has 3 aromatic heterocycles. The first-order chi connectivity index (χ1) is 17.5. The Morgan fingerprint density at radius 1 is 0.861 bits per heavy atom. The van der Waals surface area contributed by atoms with Gasteiger partial charge in [0.15, 0.2) is 0 Å². The minimum absolute atomic E-state index is 0.549. The van der Waals surface area contributed by atoms with Gasteiger partial charge in [-0.25, -0.2) is 9.97 Å². The van der Waals surface area contributed by atoms with Crippen LogP contribution in [0.3, 0.4) is 0 Å². The van der Waals surface area contributed by atoms with E-state index in [1.165, 1.54) is 37.7 Å². The fourth-order valence-electron chi connectivity index (χ4n) is 6.24. The monoisotopic (exact) mass is 475 g/mol. The normalized spacial score (nSPS) is 15.6. The van der Waals surface area contributed by atoms with Crippen molar-refractivity contribution in [2.75, 3.05) is 0 Å². The summed E-state index contributed by atoms with van der Waals surface area (Å²) < 4.78 is 6.54. The van der Waals surface area contributed by atoms with Gasteiger partial charge in [-0.15, -0.1) is 0 Å². The number of nitrogens with zero attached hydrogens (tertiary/aromatic N) is 3. The third kappa shape index (κ3) is 3.99. The van der Waals surface area contributed by atoms with E-state index in [9.17, 15) is 0 Å². The number of pyridine rings is 1. The lowest BCUT2D eigenvalue weighted by Gasteiger charge is -2.28. The van der Waals surface area contributed by atoms with Crippen molar-refractivity contribution >= 4 is 21.9 Å². The van der Waals surface area contributed by atoms with E-state index in [4.69, 9.17) is 9.40 Å². The third-order valence-corrected chi connectivity index (χ3v) is 8.11. The van der Waals surface area contributed by atoms with Crippen LogP contribution in [0.1, 0.15) is 67.7 Å². The zero-order valence-corrected chi connectivity index (χ0v) is 21.6. The van der Waals surface area contributed by atoms with Gasteiger partial charge in [-0.2, -0.15) is 0 Å². The van der Waals surface area contributed by atoms with Gasteiger partial charge in [-0.05, 0) is 86.9 Å². The van der Waals surface area contributed by atoms with E-state index in [1.54, 1.807) is 0 Å². The second-order valence-electron chi connectivity index (χ2n) is 10.5. The molecule has 36 heavy (non-hydrogen) atoms. The molecule has 1 unspecified atom stereocenters. The number of aromatic nitrogens is 3. The molecular formula is C32H33N3O. The van der Waals surface area contributed by atoms with Gasteiger partial charge in [0.25, 0.3) is 0 Å². The molecule has 1 aliphatic carbocycles. The molecule has 6 rings (SSSR count). The Labute approximate surface area is 212 Å². The number of fused-ring (bicyclic) bond motifs is 3. The average Bonchev–Trinajstić information content (AvgIpc) is 3.26. The molecule has 3 heterocycles.